The molecule has 1 N–H and O–H groups in total. The second-order valence-corrected chi connectivity index (χ2v) is 9.00. The molecule has 4 nitrogen and oxygen atoms in total. The summed E-state index contributed by atoms with van der Waals surface area (Å²) < 4.78 is 0. The minimum atomic E-state index is 0.224. The van der Waals surface area contributed by atoms with Gasteiger partial charge < -0.3 is 10.2 Å². The molecule has 28 heavy (non-hydrogen) atoms. The van der Waals surface area contributed by atoms with E-state index in [4.69, 9.17) is 0 Å². The Hall–Kier alpha value is -1.39. The van der Waals surface area contributed by atoms with Gasteiger partial charge in [-0.15, -0.1) is 0 Å². The van der Waals surface area contributed by atoms with Gasteiger partial charge in [-0.1, -0.05) is 44.5 Å². The third-order valence-electron chi connectivity index (χ3n) is 6.95. The molecule has 2 aliphatic rings. The zero-order valence-corrected chi connectivity index (χ0v) is 18.1. The molecule has 1 aromatic rings. The van der Waals surface area contributed by atoms with E-state index < -0.39 is 0 Å². The molecule has 2 aliphatic heterocycles. The maximum absolute atomic E-state index is 12.4. The maximum atomic E-state index is 12.4. The number of carbonyl (C=O) groups excluding carboxylic acids is 1. The van der Waals surface area contributed by atoms with Crippen LogP contribution in [0.4, 0.5) is 0 Å². The van der Waals surface area contributed by atoms with Crippen molar-refractivity contribution in [1.29, 1.82) is 0 Å². The number of rotatable bonds is 7. The van der Waals surface area contributed by atoms with E-state index in [1.54, 1.807) is 0 Å². The van der Waals surface area contributed by atoms with Crippen LogP contribution in [0.5, 0.6) is 0 Å². The van der Waals surface area contributed by atoms with Crippen molar-refractivity contribution in [2.24, 2.45) is 11.8 Å². The van der Waals surface area contributed by atoms with Gasteiger partial charge in [0.25, 0.3) is 0 Å². The molecule has 2 fully saturated rings. The fourth-order valence-electron chi connectivity index (χ4n) is 4.56. The number of carbonyl (C=O) groups is 1. The Kier molecular flexibility index (Phi) is 7.92. The lowest BCUT2D eigenvalue weighted by molar-refractivity contribution is -0.126. The lowest BCUT2D eigenvalue weighted by atomic mass is 9.92. The van der Waals surface area contributed by atoms with Crippen molar-refractivity contribution in [2.75, 3.05) is 32.7 Å². The van der Waals surface area contributed by atoms with Crippen molar-refractivity contribution in [3.8, 4) is 0 Å². The van der Waals surface area contributed by atoms with Crippen molar-refractivity contribution in [2.45, 2.75) is 65.5 Å². The van der Waals surface area contributed by atoms with Crippen LogP contribution in [0.15, 0.2) is 24.3 Å². The van der Waals surface area contributed by atoms with Crippen molar-refractivity contribution < 1.29 is 4.79 Å². The van der Waals surface area contributed by atoms with Crippen molar-refractivity contribution in [3.05, 3.63) is 35.4 Å². The summed E-state index contributed by atoms with van der Waals surface area (Å²) in [6, 6.07) is 9.46. The first-order valence-electron chi connectivity index (χ1n) is 11.4. The van der Waals surface area contributed by atoms with E-state index in [0.29, 0.717) is 12.0 Å². The average Bonchev–Trinajstić information content (AvgIpc) is 2.74. The predicted octanol–water partition coefficient (Wildman–Crippen LogP) is 3.83. The van der Waals surface area contributed by atoms with Crippen LogP contribution in [0.3, 0.4) is 0 Å². The quantitative estimate of drug-likeness (QED) is 0.775. The van der Waals surface area contributed by atoms with Crippen LogP contribution in [-0.4, -0.2) is 54.5 Å². The van der Waals surface area contributed by atoms with Gasteiger partial charge in [0.15, 0.2) is 0 Å². The number of nitrogens with one attached hydrogen (secondary N) is 1. The molecule has 0 aromatic heterocycles. The lowest BCUT2D eigenvalue weighted by Gasteiger charge is -2.41. The van der Waals surface area contributed by atoms with Crippen LogP contribution in [0.25, 0.3) is 0 Å². The summed E-state index contributed by atoms with van der Waals surface area (Å²) in [6.45, 7) is 13.1. The zero-order chi connectivity index (χ0) is 19.9. The Morgan fingerprint density at radius 2 is 1.79 bits per heavy atom. The molecule has 0 unspecified atom stereocenters. The maximum Gasteiger partial charge on any atom is 0.223 e. The summed E-state index contributed by atoms with van der Waals surface area (Å²) in [7, 11) is 0. The van der Waals surface area contributed by atoms with Crippen LogP contribution in [0.2, 0.25) is 0 Å². The highest BCUT2D eigenvalue weighted by atomic mass is 16.1. The number of hydrogen-bond acceptors (Lipinski definition) is 3. The number of aryl methyl sites for hydroxylation is 1. The van der Waals surface area contributed by atoms with Gasteiger partial charge in [-0.2, -0.15) is 0 Å². The topological polar surface area (TPSA) is 35.6 Å². The van der Waals surface area contributed by atoms with E-state index in [1.165, 1.54) is 37.1 Å². The fraction of sp³-hybridized carbons (Fsp3) is 0.708. The van der Waals surface area contributed by atoms with Gasteiger partial charge in [-0.25, -0.2) is 0 Å². The van der Waals surface area contributed by atoms with Gasteiger partial charge in [0, 0.05) is 25.0 Å². The second-order valence-electron chi connectivity index (χ2n) is 9.00. The number of likely N-dealkylation sites (tertiary alicyclic amines) is 2. The van der Waals surface area contributed by atoms with Crippen molar-refractivity contribution in [1.82, 2.24) is 15.1 Å². The molecule has 0 radical (unpaired) electrons. The van der Waals surface area contributed by atoms with E-state index in [1.807, 2.05) is 0 Å². The van der Waals surface area contributed by atoms with Gasteiger partial charge in [0.2, 0.25) is 5.91 Å². The molecule has 2 saturated heterocycles. The summed E-state index contributed by atoms with van der Waals surface area (Å²) >= 11 is 0. The Bertz CT molecular complexity index is 616. The molecule has 1 amide bonds. The summed E-state index contributed by atoms with van der Waals surface area (Å²) in [5.41, 5.74) is 2.86. The standard InChI is InChI=1S/C24H39N3O/c1-4-19(2)17-25-24(28)21-9-15-27(16-10-21)23-11-13-26(14-12-23)18-22-8-6-5-7-20(22)3/h5-8,19,21,23H,4,9-18H2,1-3H3,(H,25,28)/t19-/m1/s1. The van der Waals surface area contributed by atoms with Crippen molar-refractivity contribution >= 4 is 5.91 Å². The van der Waals surface area contributed by atoms with Gasteiger partial charge in [-0.3, -0.25) is 9.69 Å². The molecule has 0 aliphatic carbocycles. The van der Waals surface area contributed by atoms with Gasteiger partial charge in [-0.05, 0) is 75.8 Å². The molecular formula is C24H39N3O. The molecular weight excluding hydrogens is 346 g/mol. The zero-order valence-electron chi connectivity index (χ0n) is 18.1. The van der Waals surface area contributed by atoms with Gasteiger partial charge >= 0.3 is 0 Å². The SMILES string of the molecule is CC[C@@H](C)CNC(=O)C1CCN(C2CCN(Cc3ccccc3C)CC2)CC1. The monoisotopic (exact) mass is 385 g/mol. The van der Waals surface area contributed by atoms with Crippen LogP contribution >= 0.6 is 0 Å². The number of hydrogen-bond donors (Lipinski definition) is 1. The highest BCUT2D eigenvalue weighted by molar-refractivity contribution is 5.78. The molecule has 3 rings (SSSR count). The molecule has 2 heterocycles. The Morgan fingerprint density at radius 3 is 2.43 bits per heavy atom. The molecule has 0 saturated carbocycles. The average molecular weight is 386 g/mol. The largest absolute Gasteiger partial charge is 0.356 e. The number of piperidine rings is 2. The minimum absolute atomic E-state index is 0.224. The Labute approximate surface area is 171 Å². The van der Waals surface area contributed by atoms with Crippen LogP contribution in [0, 0.1) is 18.8 Å². The third-order valence-corrected chi connectivity index (χ3v) is 6.95. The van der Waals surface area contributed by atoms with E-state index in [0.717, 1.165) is 45.4 Å². The molecule has 0 spiro atoms. The Balaban J connectivity index is 1.38. The highest BCUT2D eigenvalue weighted by Crippen LogP contribution is 2.25. The van der Waals surface area contributed by atoms with Crippen LogP contribution in [0.1, 0.15) is 57.1 Å². The second kappa shape index (κ2) is 10.4. The molecule has 1 atom stereocenters. The van der Waals surface area contributed by atoms with Crippen molar-refractivity contribution in [3.63, 3.8) is 0 Å². The summed E-state index contributed by atoms with van der Waals surface area (Å²) in [5.74, 6) is 1.09. The van der Waals surface area contributed by atoms with Gasteiger partial charge in [0.1, 0.15) is 0 Å². The minimum Gasteiger partial charge on any atom is -0.356 e. The molecule has 4 heteroatoms. The van der Waals surface area contributed by atoms with E-state index in [-0.39, 0.29) is 11.8 Å². The van der Waals surface area contributed by atoms with E-state index >= 15 is 0 Å². The third kappa shape index (κ3) is 5.81. The first-order valence-corrected chi connectivity index (χ1v) is 11.4. The molecule has 0 bridgehead atoms. The number of amides is 1. The van der Waals surface area contributed by atoms with Gasteiger partial charge in [0.05, 0.1) is 0 Å². The molecule has 1 aromatic carbocycles. The van der Waals surface area contributed by atoms with Crippen LogP contribution < -0.4 is 5.32 Å². The number of nitrogens with zero attached hydrogens (tertiary/aromatic N) is 2. The number of benzene rings is 1. The Morgan fingerprint density at radius 1 is 1.11 bits per heavy atom. The lowest BCUT2D eigenvalue weighted by Crippen LogP contribution is -2.49. The van der Waals surface area contributed by atoms with Crippen LogP contribution in [-0.2, 0) is 11.3 Å². The normalized spacial score (nSPS) is 21.5. The highest BCUT2D eigenvalue weighted by Gasteiger charge is 2.30. The first kappa shape index (κ1) is 21.3. The summed E-state index contributed by atoms with van der Waals surface area (Å²) in [6.07, 6.45) is 5.69. The predicted molar refractivity (Wildman–Crippen MR) is 116 cm³/mol. The fourth-order valence-corrected chi connectivity index (χ4v) is 4.56. The smallest absolute Gasteiger partial charge is 0.223 e. The summed E-state index contributed by atoms with van der Waals surface area (Å²) in [5, 5.41) is 3.17. The summed E-state index contributed by atoms with van der Waals surface area (Å²) in [4.78, 5) is 17.7. The van der Waals surface area contributed by atoms with E-state index in [2.05, 4.69) is 60.2 Å². The first-order chi connectivity index (χ1) is 13.6. The van der Waals surface area contributed by atoms with E-state index in [9.17, 15) is 4.79 Å². The molecule has 156 valence electrons.